The number of hydrogen-bond acceptors (Lipinski definition) is 5. The van der Waals surface area contributed by atoms with E-state index in [2.05, 4.69) is 30.9 Å². The van der Waals surface area contributed by atoms with Gasteiger partial charge in [-0.25, -0.2) is 9.97 Å². The Hall–Kier alpha value is -1.01. The van der Waals surface area contributed by atoms with Gasteiger partial charge in [0.2, 0.25) is 0 Å². The largest absolute Gasteiger partial charge is 0.383 e. The van der Waals surface area contributed by atoms with Crippen molar-refractivity contribution in [3.8, 4) is 10.7 Å². The Bertz CT molecular complexity index is 431. The number of aryl methyl sites for hydroxylation is 1. The first-order valence-electron chi connectivity index (χ1n) is 3.87. The van der Waals surface area contributed by atoms with Crippen LogP contribution in [0, 0.1) is 6.92 Å². The van der Waals surface area contributed by atoms with E-state index in [1.165, 1.54) is 11.3 Å². The average molecular weight is 271 g/mol. The summed E-state index contributed by atoms with van der Waals surface area (Å²) in [5, 5.41) is 0. The van der Waals surface area contributed by atoms with Crippen molar-refractivity contribution in [2.24, 2.45) is 0 Å². The van der Waals surface area contributed by atoms with E-state index in [1.807, 2.05) is 6.92 Å². The maximum Gasteiger partial charge on any atom is 0.173 e. The first kappa shape index (κ1) is 9.54. The number of nitrogens with zero attached hydrogens (tertiary/aromatic N) is 3. The Balaban J connectivity index is 2.57. The van der Waals surface area contributed by atoms with Gasteiger partial charge >= 0.3 is 0 Å². The van der Waals surface area contributed by atoms with E-state index in [9.17, 15) is 0 Å². The maximum absolute atomic E-state index is 5.71. The fourth-order valence-electron chi connectivity index (χ4n) is 1.02. The van der Waals surface area contributed by atoms with E-state index in [0.29, 0.717) is 11.6 Å². The summed E-state index contributed by atoms with van der Waals surface area (Å²) in [6.45, 7) is 1.88. The lowest BCUT2D eigenvalue weighted by atomic mass is 10.4. The molecule has 0 aliphatic carbocycles. The van der Waals surface area contributed by atoms with Crippen LogP contribution in [0.15, 0.2) is 16.2 Å². The molecule has 14 heavy (non-hydrogen) atoms. The highest BCUT2D eigenvalue weighted by Gasteiger charge is 2.08. The van der Waals surface area contributed by atoms with Crippen molar-refractivity contribution >= 4 is 33.1 Å². The maximum atomic E-state index is 5.71. The third-order valence-corrected chi connectivity index (χ3v) is 3.44. The zero-order chi connectivity index (χ0) is 10.1. The molecule has 2 aromatic rings. The van der Waals surface area contributed by atoms with E-state index in [1.54, 1.807) is 11.7 Å². The molecule has 0 fully saturated rings. The number of rotatable bonds is 1. The molecule has 2 rings (SSSR count). The molecule has 0 spiro atoms. The van der Waals surface area contributed by atoms with Crippen molar-refractivity contribution < 1.29 is 0 Å². The molecule has 0 aromatic carbocycles. The van der Waals surface area contributed by atoms with Crippen LogP contribution in [0.5, 0.6) is 0 Å². The molecule has 6 heteroatoms. The van der Waals surface area contributed by atoms with Crippen LogP contribution in [0.3, 0.4) is 0 Å². The molecule has 2 heterocycles. The van der Waals surface area contributed by atoms with Gasteiger partial charge in [-0.3, -0.25) is 4.98 Å². The number of hydrogen-bond donors (Lipinski definition) is 1. The summed E-state index contributed by atoms with van der Waals surface area (Å²) in [6.07, 6.45) is 1.73. The van der Waals surface area contributed by atoms with Crippen molar-refractivity contribution in [2.45, 2.75) is 6.92 Å². The normalized spacial score (nSPS) is 10.4. The van der Waals surface area contributed by atoms with Gasteiger partial charge in [-0.2, -0.15) is 0 Å². The minimum atomic E-state index is 0.459. The highest BCUT2D eigenvalue weighted by Crippen LogP contribution is 2.25. The third kappa shape index (κ3) is 1.62. The van der Waals surface area contributed by atoms with Gasteiger partial charge in [0.1, 0.15) is 5.82 Å². The monoisotopic (exact) mass is 270 g/mol. The first-order chi connectivity index (χ1) is 6.68. The van der Waals surface area contributed by atoms with Crippen molar-refractivity contribution in [1.82, 2.24) is 15.0 Å². The fraction of sp³-hybridized carbons (Fsp3) is 0.125. The number of thiazole rings is 1. The molecule has 0 atom stereocenters. The molecule has 0 bridgehead atoms. The molecular weight excluding hydrogens is 264 g/mol. The van der Waals surface area contributed by atoms with Gasteiger partial charge in [0.15, 0.2) is 5.82 Å². The van der Waals surface area contributed by atoms with Crippen LogP contribution in [0.4, 0.5) is 5.82 Å². The van der Waals surface area contributed by atoms with Crippen LogP contribution in [-0.2, 0) is 0 Å². The third-order valence-electron chi connectivity index (χ3n) is 1.70. The summed E-state index contributed by atoms with van der Waals surface area (Å²) in [4.78, 5) is 13.4. The van der Waals surface area contributed by atoms with Gasteiger partial charge in [-0.1, -0.05) is 0 Å². The van der Waals surface area contributed by atoms with Gasteiger partial charge < -0.3 is 5.73 Å². The highest BCUT2D eigenvalue weighted by atomic mass is 79.9. The predicted octanol–water partition coefficient (Wildman–Crippen LogP) is 2.25. The zero-order valence-electron chi connectivity index (χ0n) is 7.36. The Kier molecular flexibility index (Phi) is 2.47. The minimum absolute atomic E-state index is 0.459. The Morgan fingerprint density at radius 2 is 2.21 bits per heavy atom. The number of nitrogens with two attached hydrogens (primary N) is 1. The van der Waals surface area contributed by atoms with Gasteiger partial charge in [0.25, 0.3) is 0 Å². The molecule has 0 saturated carbocycles. The van der Waals surface area contributed by atoms with Crippen LogP contribution in [0.1, 0.15) is 5.69 Å². The van der Waals surface area contributed by atoms with E-state index in [0.717, 1.165) is 15.0 Å². The molecule has 0 saturated heterocycles. The molecule has 2 N–H and O–H groups in total. The number of anilines is 1. The Morgan fingerprint density at radius 1 is 1.43 bits per heavy atom. The summed E-state index contributed by atoms with van der Waals surface area (Å²) in [7, 11) is 0. The molecule has 0 aliphatic heterocycles. The van der Waals surface area contributed by atoms with Crippen molar-refractivity contribution in [2.75, 3.05) is 5.73 Å². The summed E-state index contributed by atoms with van der Waals surface area (Å²) < 4.78 is 0.755. The number of nitrogen functional groups attached to an aromatic ring is 1. The van der Waals surface area contributed by atoms with Gasteiger partial charge in [0.05, 0.1) is 20.6 Å². The predicted molar refractivity (Wildman–Crippen MR) is 60.0 cm³/mol. The van der Waals surface area contributed by atoms with Crippen LogP contribution in [0.25, 0.3) is 10.7 Å². The molecule has 0 unspecified atom stereocenters. The highest BCUT2D eigenvalue weighted by molar-refractivity contribution is 9.10. The van der Waals surface area contributed by atoms with Gasteiger partial charge in [0, 0.05) is 6.20 Å². The Morgan fingerprint density at radius 3 is 2.79 bits per heavy atom. The lowest BCUT2D eigenvalue weighted by Crippen LogP contribution is -1.99. The fourth-order valence-corrected chi connectivity index (χ4v) is 1.75. The molecule has 0 amide bonds. The van der Waals surface area contributed by atoms with Crippen LogP contribution >= 0.6 is 27.3 Å². The second-order valence-electron chi connectivity index (χ2n) is 2.70. The van der Waals surface area contributed by atoms with E-state index >= 15 is 0 Å². The van der Waals surface area contributed by atoms with Crippen molar-refractivity contribution in [3.63, 3.8) is 0 Å². The SMILES string of the molecule is Cc1nc(-c2cncs2)nc(N)c1Br. The topological polar surface area (TPSA) is 64.7 Å². The van der Waals surface area contributed by atoms with Crippen LogP contribution in [-0.4, -0.2) is 15.0 Å². The van der Waals surface area contributed by atoms with E-state index in [4.69, 9.17) is 5.73 Å². The summed E-state index contributed by atoms with van der Waals surface area (Å²) in [6, 6.07) is 0. The molecule has 4 nitrogen and oxygen atoms in total. The number of aromatic nitrogens is 3. The lowest BCUT2D eigenvalue weighted by molar-refractivity contribution is 1.11. The van der Waals surface area contributed by atoms with Gasteiger partial charge in [-0.15, -0.1) is 11.3 Å². The Labute approximate surface area is 93.4 Å². The summed E-state index contributed by atoms with van der Waals surface area (Å²) in [5.74, 6) is 1.09. The summed E-state index contributed by atoms with van der Waals surface area (Å²) in [5.41, 5.74) is 8.29. The quantitative estimate of drug-likeness (QED) is 0.864. The minimum Gasteiger partial charge on any atom is -0.383 e. The smallest absolute Gasteiger partial charge is 0.173 e. The van der Waals surface area contributed by atoms with Crippen LogP contribution in [0.2, 0.25) is 0 Å². The van der Waals surface area contributed by atoms with Crippen molar-refractivity contribution in [3.05, 3.63) is 21.9 Å². The molecule has 2 aromatic heterocycles. The zero-order valence-corrected chi connectivity index (χ0v) is 9.76. The number of halogens is 1. The summed E-state index contributed by atoms with van der Waals surface area (Å²) >= 11 is 4.81. The van der Waals surface area contributed by atoms with E-state index < -0.39 is 0 Å². The first-order valence-corrected chi connectivity index (χ1v) is 5.54. The van der Waals surface area contributed by atoms with E-state index in [-0.39, 0.29) is 0 Å². The second-order valence-corrected chi connectivity index (χ2v) is 4.38. The molecule has 0 radical (unpaired) electrons. The lowest BCUT2D eigenvalue weighted by Gasteiger charge is -2.03. The molecular formula is C8H7BrN4S. The van der Waals surface area contributed by atoms with Gasteiger partial charge in [-0.05, 0) is 22.9 Å². The molecule has 0 aliphatic rings. The standard InChI is InChI=1S/C8H7BrN4S/c1-4-6(9)7(10)13-8(12-4)5-2-11-3-14-5/h2-3H,1H3,(H2,10,12,13). The second kappa shape index (κ2) is 3.62. The van der Waals surface area contributed by atoms with Crippen molar-refractivity contribution in [1.29, 1.82) is 0 Å². The molecule has 72 valence electrons. The average Bonchev–Trinajstić information content (AvgIpc) is 2.66. The van der Waals surface area contributed by atoms with Crippen LogP contribution < -0.4 is 5.73 Å².